The molecule has 0 aliphatic rings. The Bertz CT molecular complexity index is 599. The quantitative estimate of drug-likeness (QED) is 0.826. The highest BCUT2D eigenvalue weighted by molar-refractivity contribution is 9.10. The summed E-state index contributed by atoms with van der Waals surface area (Å²) in [6, 6.07) is 15.1. The molecule has 0 saturated carbocycles. The van der Waals surface area contributed by atoms with Crippen LogP contribution in [-0.4, -0.2) is 5.91 Å². The van der Waals surface area contributed by atoms with Crippen LogP contribution < -0.4 is 11.1 Å². The first kappa shape index (κ1) is 14.6. The molecule has 104 valence electrons. The molecule has 2 aromatic carbocycles. The summed E-state index contributed by atoms with van der Waals surface area (Å²) in [5, 5.41) is 2.95. The number of amides is 1. The van der Waals surface area contributed by atoms with Gasteiger partial charge >= 0.3 is 0 Å². The van der Waals surface area contributed by atoms with Crippen LogP contribution in [0.15, 0.2) is 53.0 Å². The van der Waals surface area contributed by atoms with Gasteiger partial charge in [-0.25, -0.2) is 0 Å². The Kier molecular flexibility index (Phi) is 4.79. The van der Waals surface area contributed by atoms with Crippen molar-refractivity contribution in [3.63, 3.8) is 0 Å². The van der Waals surface area contributed by atoms with Gasteiger partial charge in [-0.1, -0.05) is 37.3 Å². The van der Waals surface area contributed by atoms with E-state index in [1.807, 2.05) is 37.3 Å². The molecule has 0 radical (unpaired) electrons. The first-order chi connectivity index (χ1) is 9.61. The van der Waals surface area contributed by atoms with Gasteiger partial charge in [-0.15, -0.1) is 0 Å². The molecule has 1 unspecified atom stereocenters. The second-order valence-electron chi connectivity index (χ2n) is 4.60. The zero-order valence-corrected chi connectivity index (χ0v) is 12.9. The average Bonchev–Trinajstić information content (AvgIpc) is 2.44. The molecule has 2 rings (SSSR count). The lowest BCUT2D eigenvalue weighted by molar-refractivity contribution is -0.117. The van der Waals surface area contributed by atoms with Gasteiger partial charge in [-0.3, -0.25) is 4.79 Å². The van der Waals surface area contributed by atoms with E-state index in [0.717, 1.165) is 22.1 Å². The van der Waals surface area contributed by atoms with Crippen LogP contribution in [0, 0.1) is 0 Å². The van der Waals surface area contributed by atoms with E-state index >= 15 is 0 Å². The predicted octanol–water partition coefficient (Wildman–Crippen LogP) is 4.16. The zero-order chi connectivity index (χ0) is 14.5. The third kappa shape index (κ3) is 3.39. The molecule has 4 heteroatoms. The van der Waals surface area contributed by atoms with Crippen molar-refractivity contribution in [1.29, 1.82) is 0 Å². The molecule has 0 aliphatic heterocycles. The number of hydrogen-bond donors (Lipinski definition) is 2. The third-order valence-electron chi connectivity index (χ3n) is 3.18. The lowest BCUT2D eigenvalue weighted by Gasteiger charge is -2.16. The van der Waals surface area contributed by atoms with Gasteiger partial charge < -0.3 is 11.1 Å². The number of halogens is 1. The van der Waals surface area contributed by atoms with Gasteiger partial charge in [0, 0.05) is 10.2 Å². The first-order valence-electron chi connectivity index (χ1n) is 6.52. The SMILES string of the molecule is CCC(C(=O)Nc1ccc(N)cc1Br)c1ccccc1. The summed E-state index contributed by atoms with van der Waals surface area (Å²) in [6.07, 6.45) is 0.752. The van der Waals surface area contributed by atoms with Crippen LogP contribution in [-0.2, 0) is 4.79 Å². The Morgan fingerprint density at radius 2 is 1.95 bits per heavy atom. The Morgan fingerprint density at radius 3 is 2.55 bits per heavy atom. The highest BCUT2D eigenvalue weighted by Gasteiger charge is 2.19. The molecule has 0 fully saturated rings. The number of benzene rings is 2. The summed E-state index contributed by atoms with van der Waals surface area (Å²) in [5.41, 5.74) is 8.11. The van der Waals surface area contributed by atoms with Crippen molar-refractivity contribution in [2.24, 2.45) is 0 Å². The summed E-state index contributed by atoms with van der Waals surface area (Å²) in [6.45, 7) is 2.01. The topological polar surface area (TPSA) is 55.1 Å². The lowest BCUT2D eigenvalue weighted by Crippen LogP contribution is -2.20. The van der Waals surface area contributed by atoms with Crippen molar-refractivity contribution in [1.82, 2.24) is 0 Å². The van der Waals surface area contributed by atoms with E-state index in [0.29, 0.717) is 5.69 Å². The van der Waals surface area contributed by atoms with Crippen molar-refractivity contribution in [3.05, 3.63) is 58.6 Å². The third-order valence-corrected chi connectivity index (χ3v) is 3.83. The van der Waals surface area contributed by atoms with E-state index in [9.17, 15) is 4.79 Å². The van der Waals surface area contributed by atoms with Gasteiger partial charge in [0.05, 0.1) is 11.6 Å². The average molecular weight is 333 g/mol. The Hall–Kier alpha value is -1.81. The number of rotatable bonds is 4. The number of nitrogens with one attached hydrogen (secondary N) is 1. The highest BCUT2D eigenvalue weighted by Crippen LogP contribution is 2.27. The number of carbonyl (C=O) groups excluding carboxylic acids is 1. The van der Waals surface area contributed by atoms with E-state index in [4.69, 9.17) is 5.73 Å². The molecule has 0 bridgehead atoms. The van der Waals surface area contributed by atoms with Crippen molar-refractivity contribution in [3.8, 4) is 0 Å². The number of nitrogens with two attached hydrogens (primary N) is 1. The second kappa shape index (κ2) is 6.57. The van der Waals surface area contributed by atoms with E-state index in [2.05, 4.69) is 21.2 Å². The van der Waals surface area contributed by atoms with Gasteiger partial charge in [-0.05, 0) is 46.1 Å². The smallest absolute Gasteiger partial charge is 0.231 e. The number of hydrogen-bond acceptors (Lipinski definition) is 2. The summed E-state index contributed by atoms with van der Waals surface area (Å²) < 4.78 is 0.786. The molecule has 0 heterocycles. The normalized spacial score (nSPS) is 11.9. The lowest BCUT2D eigenvalue weighted by atomic mass is 9.95. The molecule has 3 nitrogen and oxygen atoms in total. The molecular weight excluding hydrogens is 316 g/mol. The summed E-state index contributed by atoms with van der Waals surface area (Å²) in [4.78, 5) is 12.4. The van der Waals surface area contributed by atoms with Crippen molar-refractivity contribution in [2.45, 2.75) is 19.3 Å². The highest BCUT2D eigenvalue weighted by atomic mass is 79.9. The van der Waals surface area contributed by atoms with E-state index < -0.39 is 0 Å². The molecule has 1 amide bonds. The van der Waals surface area contributed by atoms with Crippen LogP contribution in [0.3, 0.4) is 0 Å². The molecule has 2 aromatic rings. The Morgan fingerprint density at radius 1 is 1.25 bits per heavy atom. The van der Waals surface area contributed by atoms with Crippen LogP contribution in [0.1, 0.15) is 24.8 Å². The fourth-order valence-corrected chi connectivity index (χ4v) is 2.61. The van der Waals surface area contributed by atoms with E-state index in [1.165, 1.54) is 0 Å². The molecule has 0 spiro atoms. The van der Waals surface area contributed by atoms with E-state index in [-0.39, 0.29) is 11.8 Å². The van der Waals surface area contributed by atoms with Crippen molar-refractivity contribution < 1.29 is 4.79 Å². The van der Waals surface area contributed by atoms with Gasteiger partial charge in [0.2, 0.25) is 5.91 Å². The Labute approximate surface area is 127 Å². The molecule has 20 heavy (non-hydrogen) atoms. The first-order valence-corrected chi connectivity index (χ1v) is 7.32. The molecule has 1 atom stereocenters. The van der Waals surface area contributed by atoms with Gasteiger partial charge in [0.25, 0.3) is 0 Å². The number of carbonyl (C=O) groups is 1. The zero-order valence-electron chi connectivity index (χ0n) is 11.3. The van der Waals surface area contributed by atoms with Crippen LogP contribution in [0.5, 0.6) is 0 Å². The minimum Gasteiger partial charge on any atom is -0.399 e. The fraction of sp³-hybridized carbons (Fsp3) is 0.188. The molecular formula is C16H17BrN2O. The Balaban J connectivity index is 2.18. The maximum absolute atomic E-state index is 12.4. The summed E-state index contributed by atoms with van der Waals surface area (Å²) in [7, 11) is 0. The molecule has 0 aromatic heterocycles. The van der Waals surface area contributed by atoms with Crippen molar-refractivity contribution >= 4 is 33.2 Å². The van der Waals surface area contributed by atoms with E-state index in [1.54, 1.807) is 18.2 Å². The largest absolute Gasteiger partial charge is 0.399 e. The van der Waals surface area contributed by atoms with Crippen LogP contribution >= 0.6 is 15.9 Å². The summed E-state index contributed by atoms with van der Waals surface area (Å²) >= 11 is 3.41. The van der Waals surface area contributed by atoms with Crippen LogP contribution in [0.25, 0.3) is 0 Å². The monoisotopic (exact) mass is 332 g/mol. The fourth-order valence-electron chi connectivity index (χ4n) is 2.11. The predicted molar refractivity (Wildman–Crippen MR) is 86.7 cm³/mol. The maximum Gasteiger partial charge on any atom is 0.231 e. The second-order valence-corrected chi connectivity index (χ2v) is 5.45. The van der Waals surface area contributed by atoms with Crippen LogP contribution in [0.4, 0.5) is 11.4 Å². The molecule has 0 aliphatic carbocycles. The number of nitrogen functional groups attached to an aromatic ring is 1. The standard InChI is InChI=1S/C16H17BrN2O/c1-2-13(11-6-4-3-5-7-11)16(20)19-15-9-8-12(18)10-14(15)17/h3-10,13H,2,18H2,1H3,(H,19,20). The van der Waals surface area contributed by atoms with Gasteiger partial charge in [-0.2, -0.15) is 0 Å². The van der Waals surface area contributed by atoms with Gasteiger partial charge in [0.15, 0.2) is 0 Å². The van der Waals surface area contributed by atoms with Crippen molar-refractivity contribution in [2.75, 3.05) is 11.1 Å². The maximum atomic E-state index is 12.4. The molecule has 0 saturated heterocycles. The summed E-state index contributed by atoms with van der Waals surface area (Å²) in [5.74, 6) is -0.162. The van der Waals surface area contributed by atoms with Gasteiger partial charge in [0.1, 0.15) is 0 Å². The number of anilines is 2. The molecule has 3 N–H and O–H groups in total. The minimum absolute atomic E-state index is 0.0100. The minimum atomic E-state index is -0.152. The van der Waals surface area contributed by atoms with Crippen LogP contribution in [0.2, 0.25) is 0 Å².